The number of carboxylic acids is 1. The van der Waals surface area contributed by atoms with Crippen molar-refractivity contribution in [1.82, 2.24) is 4.72 Å². The number of nitrogens with one attached hydrogen (secondary N) is 2. The first-order valence-corrected chi connectivity index (χ1v) is 11.0. The van der Waals surface area contributed by atoms with E-state index in [-0.39, 0.29) is 11.3 Å². The molecular formula is C20H23ClN2O5S. The summed E-state index contributed by atoms with van der Waals surface area (Å²) in [5, 5.41) is 11.9. The number of carbonyl (C=O) groups excluding carboxylic acids is 1. The molecule has 9 heteroatoms. The lowest BCUT2D eigenvalue weighted by molar-refractivity contribution is -0.136. The Hall–Kier alpha value is -2.42. The molecule has 0 saturated heterocycles. The van der Waals surface area contributed by atoms with E-state index < -0.39 is 27.9 Å². The predicted molar refractivity (Wildman–Crippen MR) is 111 cm³/mol. The number of anilines is 1. The van der Waals surface area contributed by atoms with Gasteiger partial charge in [0.25, 0.3) is 0 Å². The third-order valence-corrected chi connectivity index (χ3v) is 5.90. The van der Waals surface area contributed by atoms with Crippen LogP contribution in [0.5, 0.6) is 0 Å². The third-order valence-electron chi connectivity index (χ3n) is 4.16. The highest BCUT2D eigenvalue weighted by Gasteiger charge is 2.25. The number of carbonyl (C=O) groups is 2. The molecule has 0 heterocycles. The minimum atomic E-state index is -3.90. The number of hydrogen-bond donors (Lipinski definition) is 3. The van der Waals surface area contributed by atoms with Gasteiger partial charge >= 0.3 is 5.97 Å². The summed E-state index contributed by atoms with van der Waals surface area (Å²) in [4.78, 5) is 23.5. The van der Waals surface area contributed by atoms with E-state index in [1.54, 1.807) is 24.3 Å². The quantitative estimate of drug-likeness (QED) is 0.526. The minimum Gasteiger partial charge on any atom is -0.481 e. The van der Waals surface area contributed by atoms with Crippen molar-refractivity contribution in [2.45, 2.75) is 43.5 Å². The van der Waals surface area contributed by atoms with Crippen LogP contribution in [0.3, 0.4) is 0 Å². The van der Waals surface area contributed by atoms with E-state index in [0.29, 0.717) is 29.1 Å². The normalized spacial score (nSPS) is 12.3. The maximum atomic E-state index is 12.7. The van der Waals surface area contributed by atoms with E-state index in [1.165, 1.54) is 24.3 Å². The lowest BCUT2D eigenvalue weighted by atomic mass is 10.1. The largest absolute Gasteiger partial charge is 0.481 e. The zero-order valence-electron chi connectivity index (χ0n) is 15.9. The van der Waals surface area contributed by atoms with Crippen LogP contribution in [0.4, 0.5) is 5.69 Å². The first kappa shape index (κ1) is 22.9. The molecule has 0 unspecified atom stereocenters. The molecule has 0 aliphatic heterocycles. The number of sulfonamides is 1. The molecule has 156 valence electrons. The molecule has 1 amide bonds. The summed E-state index contributed by atoms with van der Waals surface area (Å²) < 4.78 is 27.7. The van der Waals surface area contributed by atoms with E-state index >= 15 is 0 Å². The Kier molecular flexibility index (Phi) is 8.19. The first-order chi connectivity index (χ1) is 13.7. The molecule has 0 fully saturated rings. The van der Waals surface area contributed by atoms with E-state index in [1.807, 2.05) is 6.92 Å². The van der Waals surface area contributed by atoms with Crippen LogP contribution in [0.2, 0.25) is 5.02 Å². The van der Waals surface area contributed by atoms with Crippen molar-refractivity contribution in [3.8, 4) is 0 Å². The van der Waals surface area contributed by atoms with Gasteiger partial charge in [0, 0.05) is 10.7 Å². The number of hydrogen-bond acceptors (Lipinski definition) is 4. The zero-order valence-corrected chi connectivity index (χ0v) is 17.5. The van der Waals surface area contributed by atoms with Gasteiger partial charge in [-0.15, -0.1) is 0 Å². The van der Waals surface area contributed by atoms with E-state index in [0.717, 1.165) is 6.42 Å². The average Bonchev–Trinajstić information content (AvgIpc) is 2.66. The number of aliphatic carboxylic acids is 1. The molecule has 2 rings (SSSR count). The van der Waals surface area contributed by atoms with Gasteiger partial charge in [0.1, 0.15) is 6.04 Å². The highest BCUT2D eigenvalue weighted by molar-refractivity contribution is 7.89. The van der Waals surface area contributed by atoms with Gasteiger partial charge < -0.3 is 10.4 Å². The van der Waals surface area contributed by atoms with Crippen LogP contribution in [0.25, 0.3) is 0 Å². The number of benzene rings is 2. The number of halogens is 1. The van der Waals surface area contributed by atoms with Crippen molar-refractivity contribution in [1.29, 1.82) is 0 Å². The summed E-state index contributed by atoms with van der Waals surface area (Å²) in [5.41, 5.74) is 1.05. The molecule has 0 radical (unpaired) electrons. The minimum absolute atomic E-state index is 0.0224. The molecule has 2 aromatic rings. The Labute approximate surface area is 175 Å². The van der Waals surface area contributed by atoms with Crippen molar-refractivity contribution in [2.24, 2.45) is 0 Å². The Morgan fingerprint density at radius 1 is 1.07 bits per heavy atom. The standard InChI is InChI=1S/C20H23ClN2O5S/c1-2-3-4-18(23-29(27,28)17-11-7-15(21)8-12-17)20(26)22-16-9-5-14(6-10-16)13-19(24)25/h5-12,18,23H,2-4,13H2,1H3,(H,22,26)(H,24,25)/t18-/m0/s1. The zero-order chi connectivity index (χ0) is 21.4. The maximum Gasteiger partial charge on any atom is 0.307 e. The van der Waals surface area contributed by atoms with Crippen LogP contribution in [0, 0.1) is 0 Å². The molecule has 7 nitrogen and oxygen atoms in total. The van der Waals surface area contributed by atoms with Gasteiger partial charge in [-0.25, -0.2) is 8.42 Å². The molecule has 1 atom stereocenters. The van der Waals surface area contributed by atoms with Crippen molar-refractivity contribution < 1.29 is 23.1 Å². The summed E-state index contributed by atoms with van der Waals surface area (Å²) in [6, 6.07) is 11.1. The highest BCUT2D eigenvalue weighted by Crippen LogP contribution is 2.16. The number of rotatable bonds is 10. The fourth-order valence-electron chi connectivity index (χ4n) is 2.63. The van der Waals surface area contributed by atoms with Crippen LogP contribution in [-0.2, 0) is 26.0 Å². The van der Waals surface area contributed by atoms with Crippen LogP contribution in [0.1, 0.15) is 31.7 Å². The summed E-state index contributed by atoms with van der Waals surface area (Å²) >= 11 is 5.80. The van der Waals surface area contributed by atoms with Crippen molar-refractivity contribution in [3.05, 3.63) is 59.1 Å². The summed E-state index contributed by atoms with van der Waals surface area (Å²) in [6.07, 6.45) is 1.69. The molecule has 0 aromatic heterocycles. The van der Waals surface area contributed by atoms with Gasteiger partial charge in [0.2, 0.25) is 15.9 Å². The fourth-order valence-corrected chi connectivity index (χ4v) is 3.99. The van der Waals surface area contributed by atoms with Crippen LogP contribution in [-0.4, -0.2) is 31.4 Å². The predicted octanol–water partition coefficient (Wildman–Crippen LogP) is 3.44. The number of unbranched alkanes of at least 4 members (excludes halogenated alkanes) is 1. The van der Waals surface area contributed by atoms with Gasteiger partial charge in [-0.3, -0.25) is 9.59 Å². The topological polar surface area (TPSA) is 113 Å². The van der Waals surface area contributed by atoms with E-state index in [9.17, 15) is 18.0 Å². The lowest BCUT2D eigenvalue weighted by Gasteiger charge is -2.18. The SMILES string of the molecule is CCCC[C@H](NS(=O)(=O)c1ccc(Cl)cc1)C(=O)Nc1ccc(CC(=O)O)cc1. The lowest BCUT2D eigenvalue weighted by Crippen LogP contribution is -2.43. The molecule has 0 saturated carbocycles. The van der Waals surface area contributed by atoms with Crippen molar-refractivity contribution >= 4 is 39.2 Å². The van der Waals surface area contributed by atoms with Gasteiger partial charge in [0.05, 0.1) is 11.3 Å². The molecule has 29 heavy (non-hydrogen) atoms. The second kappa shape index (κ2) is 10.4. The van der Waals surface area contributed by atoms with Crippen LogP contribution >= 0.6 is 11.6 Å². The molecular weight excluding hydrogens is 416 g/mol. The molecule has 2 aromatic carbocycles. The maximum absolute atomic E-state index is 12.7. The summed E-state index contributed by atoms with van der Waals surface area (Å²) in [7, 11) is -3.90. The number of amides is 1. The second-order valence-electron chi connectivity index (χ2n) is 6.53. The highest BCUT2D eigenvalue weighted by atomic mass is 35.5. The summed E-state index contributed by atoms with van der Waals surface area (Å²) in [6.45, 7) is 1.95. The molecule has 0 spiro atoms. The van der Waals surface area contributed by atoms with Gasteiger partial charge in [-0.05, 0) is 48.4 Å². The molecule has 0 aliphatic rings. The molecule has 3 N–H and O–H groups in total. The second-order valence-corrected chi connectivity index (χ2v) is 8.68. The van der Waals surface area contributed by atoms with Gasteiger partial charge in [-0.1, -0.05) is 43.5 Å². The van der Waals surface area contributed by atoms with Crippen LogP contribution < -0.4 is 10.0 Å². The Morgan fingerprint density at radius 3 is 2.24 bits per heavy atom. The van der Waals surface area contributed by atoms with Gasteiger partial charge in [-0.2, -0.15) is 4.72 Å². The smallest absolute Gasteiger partial charge is 0.307 e. The fraction of sp³-hybridized carbons (Fsp3) is 0.300. The monoisotopic (exact) mass is 438 g/mol. The number of carboxylic acid groups (broad SMARTS) is 1. The molecule has 0 bridgehead atoms. The van der Waals surface area contributed by atoms with E-state index in [4.69, 9.17) is 16.7 Å². The van der Waals surface area contributed by atoms with E-state index in [2.05, 4.69) is 10.0 Å². The van der Waals surface area contributed by atoms with Crippen molar-refractivity contribution in [3.63, 3.8) is 0 Å². The Morgan fingerprint density at radius 2 is 1.69 bits per heavy atom. The Balaban J connectivity index is 2.12. The third kappa shape index (κ3) is 7.16. The van der Waals surface area contributed by atoms with Crippen LogP contribution in [0.15, 0.2) is 53.4 Å². The first-order valence-electron chi connectivity index (χ1n) is 9.10. The van der Waals surface area contributed by atoms with Gasteiger partial charge in [0.15, 0.2) is 0 Å². The Bertz CT molecular complexity index is 944. The average molecular weight is 439 g/mol. The van der Waals surface area contributed by atoms with Crippen molar-refractivity contribution in [2.75, 3.05) is 5.32 Å². The summed E-state index contributed by atoms with van der Waals surface area (Å²) in [5.74, 6) is -1.43. The molecule has 0 aliphatic carbocycles.